The summed E-state index contributed by atoms with van der Waals surface area (Å²) in [6, 6.07) is 5.49. The number of allylic oxidation sites excluding steroid dienone is 1. The zero-order chi connectivity index (χ0) is 30.9. The topological polar surface area (TPSA) is 88.9 Å². The number of imidazole rings is 1. The van der Waals surface area contributed by atoms with Crippen molar-refractivity contribution >= 4 is 29.2 Å². The summed E-state index contributed by atoms with van der Waals surface area (Å²) >= 11 is 6.62. The molecular weight excluding hydrogens is 566 g/mol. The van der Waals surface area contributed by atoms with Crippen LogP contribution in [0.1, 0.15) is 81.3 Å². The van der Waals surface area contributed by atoms with Gasteiger partial charge in [-0.15, -0.1) is 6.58 Å². The maximum absolute atomic E-state index is 13.0. The Morgan fingerprint density at radius 2 is 1.91 bits per heavy atom. The number of amides is 2. The summed E-state index contributed by atoms with van der Waals surface area (Å²) in [5.74, 6) is -0.230. The molecule has 4 rings (SSSR count). The van der Waals surface area contributed by atoms with Gasteiger partial charge < -0.3 is 24.3 Å². The third-order valence-corrected chi connectivity index (χ3v) is 8.65. The highest BCUT2D eigenvalue weighted by Gasteiger charge is 2.32. The summed E-state index contributed by atoms with van der Waals surface area (Å²) in [7, 11) is 3.41. The van der Waals surface area contributed by atoms with Gasteiger partial charge in [0.2, 0.25) is 5.91 Å². The van der Waals surface area contributed by atoms with E-state index in [0.717, 1.165) is 60.1 Å². The summed E-state index contributed by atoms with van der Waals surface area (Å²) in [5, 5.41) is 3.75. The molecule has 0 bridgehead atoms. The van der Waals surface area contributed by atoms with Gasteiger partial charge in [0.05, 0.1) is 24.3 Å². The van der Waals surface area contributed by atoms with Crippen molar-refractivity contribution in [3.8, 4) is 0 Å². The van der Waals surface area contributed by atoms with E-state index in [-0.39, 0.29) is 30.8 Å². The number of hydrogen-bond donors (Lipinski definition) is 1. The number of aromatic nitrogens is 2. The predicted octanol–water partition coefficient (Wildman–Crippen LogP) is 6.07. The number of nitrogens with one attached hydrogen (secondary N) is 1. The number of piperazine rings is 1. The van der Waals surface area contributed by atoms with Gasteiger partial charge in [0.25, 0.3) is 0 Å². The number of hydrogen-bond acceptors (Lipinski definition) is 6. The van der Waals surface area contributed by atoms with Crippen molar-refractivity contribution in [1.29, 1.82) is 0 Å². The van der Waals surface area contributed by atoms with Gasteiger partial charge >= 0.3 is 6.09 Å². The SMILES string of the molecule is C=C(C)CC(c1ccc(Cl)cc1/C(=C\C)C(NC(=O)COC)c1cncn1C)N1CCN(C(=O)OC2CCCCC2)CC1. The van der Waals surface area contributed by atoms with Crippen molar-refractivity contribution < 1.29 is 19.1 Å². The second-order valence-electron chi connectivity index (χ2n) is 11.7. The summed E-state index contributed by atoms with van der Waals surface area (Å²) in [5.41, 5.74) is 4.84. The molecule has 10 heteroatoms. The molecule has 2 heterocycles. The number of carbonyl (C=O) groups excluding carboxylic acids is 2. The second kappa shape index (κ2) is 15.5. The van der Waals surface area contributed by atoms with Crippen LogP contribution in [0.3, 0.4) is 0 Å². The van der Waals surface area contributed by atoms with E-state index in [0.29, 0.717) is 31.2 Å². The largest absolute Gasteiger partial charge is 0.446 e. The lowest BCUT2D eigenvalue weighted by atomic mass is 9.86. The van der Waals surface area contributed by atoms with Crippen LogP contribution in [0.15, 0.2) is 49.0 Å². The van der Waals surface area contributed by atoms with E-state index in [1.165, 1.54) is 13.5 Å². The fourth-order valence-electron chi connectivity index (χ4n) is 6.22. The van der Waals surface area contributed by atoms with Gasteiger partial charge in [0.1, 0.15) is 12.7 Å². The first-order valence-corrected chi connectivity index (χ1v) is 15.6. The molecule has 2 fully saturated rings. The van der Waals surface area contributed by atoms with Gasteiger partial charge in [0, 0.05) is 51.4 Å². The van der Waals surface area contributed by atoms with Gasteiger partial charge in [0.15, 0.2) is 0 Å². The number of rotatable bonds is 11. The van der Waals surface area contributed by atoms with Crippen molar-refractivity contribution in [1.82, 2.24) is 24.7 Å². The van der Waals surface area contributed by atoms with Gasteiger partial charge in [-0.05, 0) is 74.8 Å². The highest BCUT2D eigenvalue weighted by atomic mass is 35.5. The van der Waals surface area contributed by atoms with Crippen LogP contribution in [0.4, 0.5) is 4.79 Å². The molecule has 1 aliphatic heterocycles. The first-order valence-electron chi connectivity index (χ1n) is 15.3. The number of carbonyl (C=O) groups is 2. The van der Waals surface area contributed by atoms with Crippen LogP contribution in [0.5, 0.6) is 0 Å². The smallest absolute Gasteiger partial charge is 0.410 e. The standard InChI is InChI=1S/C33H46ClN5O4/c1-6-26(32(36-31(40)21-42-5)30-20-35-22-37(30)4)28-19-24(34)12-13-27(28)29(18-23(2)3)38-14-16-39(17-15-38)33(41)43-25-10-8-7-9-11-25/h6,12-13,19-20,22,25,29,32H,2,7-11,14-18,21H2,1,3-5H3,(H,36,40)/b26-6+. The van der Waals surface area contributed by atoms with Gasteiger partial charge in [-0.2, -0.15) is 0 Å². The lowest BCUT2D eigenvalue weighted by molar-refractivity contribution is -0.125. The zero-order valence-electron chi connectivity index (χ0n) is 26.0. The Kier molecular flexibility index (Phi) is 11.8. The fourth-order valence-corrected chi connectivity index (χ4v) is 6.39. The van der Waals surface area contributed by atoms with Crippen LogP contribution in [0.25, 0.3) is 5.57 Å². The third kappa shape index (κ3) is 8.49. The van der Waals surface area contributed by atoms with E-state index in [1.807, 2.05) is 48.6 Å². The Balaban J connectivity index is 1.62. The van der Waals surface area contributed by atoms with Crippen LogP contribution in [0.2, 0.25) is 5.02 Å². The van der Waals surface area contributed by atoms with Crippen LogP contribution in [-0.4, -0.2) is 77.4 Å². The van der Waals surface area contributed by atoms with E-state index in [4.69, 9.17) is 21.1 Å². The summed E-state index contributed by atoms with van der Waals surface area (Å²) < 4.78 is 12.9. The van der Waals surface area contributed by atoms with E-state index < -0.39 is 6.04 Å². The van der Waals surface area contributed by atoms with Crippen molar-refractivity contribution in [3.63, 3.8) is 0 Å². The molecule has 1 aromatic carbocycles. The lowest BCUT2D eigenvalue weighted by Gasteiger charge is -2.40. The van der Waals surface area contributed by atoms with Gasteiger partial charge in [-0.1, -0.05) is 35.7 Å². The summed E-state index contributed by atoms with van der Waals surface area (Å²) in [4.78, 5) is 34.4. The number of aryl methyl sites for hydroxylation is 1. The maximum atomic E-state index is 13.0. The predicted molar refractivity (Wildman–Crippen MR) is 170 cm³/mol. The minimum atomic E-state index is -0.478. The molecule has 2 atom stereocenters. The van der Waals surface area contributed by atoms with Crippen molar-refractivity contribution in [2.45, 2.75) is 70.6 Å². The summed E-state index contributed by atoms with van der Waals surface area (Å²) in [6.45, 7) is 10.8. The number of benzene rings is 1. The molecule has 0 radical (unpaired) electrons. The van der Waals surface area contributed by atoms with E-state index in [2.05, 4.69) is 27.8 Å². The Morgan fingerprint density at radius 1 is 1.19 bits per heavy atom. The Morgan fingerprint density at radius 3 is 2.51 bits per heavy atom. The first kappa shape index (κ1) is 32.8. The van der Waals surface area contributed by atoms with Gasteiger partial charge in [-0.3, -0.25) is 9.69 Å². The van der Waals surface area contributed by atoms with Gasteiger partial charge in [-0.25, -0.2) is 9.78 Å². The van der Waals surface area contributed by atoms with Crippen LogP contribution >= 0.6 is 11.6 Å². The molecular formula is C33H46ClN5O4. The Bertz CT molecular complexity index is 1290. The molecule has 234 valence electrons. The molecule has 43 heavy (non-hydrogen) atoms. The average Bonchev–Trinajstić information content (AvgIpc) is 3.42. The highest BCUT2D eigenvalue weighted by molar-refractivity contribution is 6.30. The monoisotopic (exact) mass is 611 g/mol. The molecule has 1 aromatic heterocycles. The molecule has 2 aliphatic rings. The number of methoxy groups -OCH3 is 1. The molecule has 9 nitrogen and oxygen atoms in total. The summed E-state index contributed by atoms with van der Waals surface area (Å²) in [6.07, 6.45) is 11.5. The average molecular weight is 612 g/mol. The third-order valence-electron chi connectivity index (χ3n) is 8.41. The molecule has 1 saturated heterocycles. The van der Waals surface area contributed by atoms with Crippen LogP contribution in [-0.2, 0) is 21.3 Å². The van der Waals surface area contributed by atoms with Crippen LogP contribution in [0, 0.1) is 0 Å². The maximum Gasteiger partial charge on any atom is 0.410 e. The molecule has 2 unspecified atom stereocenters. The molecule has 1 saturated carbocycles. The number of ether oxygens (including phenoxy) is 2. The number of halogens is 1. The van der Waals surface area contributed by atoms with Crippen molar-refractivity contribution in [2.75, 3.05) is 39.9 Å². The minimum absolute atomic E-state index is 0.00176. The quantitative estimate of drug-likeness (QED) is 0.310. The Labute approximate surface area is 260 Å². The Hall–Kier alpha value is -3.14. The van der Waals surface area contributed by atoms with Crippen molar-refractivity contribution in [2.24, 2.45) is 7.05 Å². The molecule has 2 amide bonds. The zero-order valence-corrected chi connectivity index (χ0v) is 26.7. The van der Waals surface area contributed by atoms with Crippen molar-refractivity contribution in [3.05, 3.63) is 70.8 Å². The molecule has 1 aliphatic carbocycles. The van der Waals surface area contributed by atoms with E-state index in [1.54, 1.807) is 12.5 Å². The normalized spacial score (nSPS) is 18.3. The van der Waals surface area contributed by atoms with Crippen LogP contribution < -0.4 is 5.32 Å². The molecule has 2 aromatic rings. The number of nitrogens with zero attached hydrogens (tertiary/aromatic N) is 4. The van der Waals surface area contributed by atoms with E-state index in [9.17, 15) is 9.59 Å². The fraction of sp³-hybridized carbons (Fsp3) is 0.545. The second-order valence-corrected chi connectivity index (χ2v) is 12.1. The first-order chi connectivity index (χ1) is 20.7. The molecule has 1 N–H and O–H groups in total. The lowest BCUT2D eigenvalue weighted by Crippen LogP contribution is -2.50. The highest BCUT2D eigenvalue weighted by Crippen LogP contribution is 2.39. The minimum Gasteiger partial charge on any atom is -0.446 e. The molecule has 0 spiro atoms. The van der Waals surface area contributed by atoms with E-state index >= 15 is 0 Å².